The van der Waals surface area contributed by atoms with Crippen molar-refractivity contribution in [3.8, 4) is 5.69 Å². The van der Waals surface area contributed by atoms with Gasteiger partial charge in [-0.25, -0.2) is 0 Å². The number of aromatic nitrogens is 4. The molecule has 1 amide bonds. The lowest BCUT2D eigenvalue weighted by Gasteiger charge is -2.34. The van der Waals surface area contributed by atoms with Crippen LogP contribution in [0.2, 0.25) is 0 Å². The van der Waals surface area contributed by atoms with Crippen LogP contribution in [-0.4, -0.2) is 68.3 Å². The van der Waals surface area contributed by atoms with Gasteiger partial charge in [0, 0.05) is 31.1 Å². The zero-order chi connectivity index (χ0) is 20.2. The third-order valence-electron chi connectivity index (χ3n) is 5.17. The number of nitrogens with zero attached hydrogens (tertiary/aromatic N) is 6. The van der Waals surface area contributed by atoms with E-state index in [4.69, 9.17) is 0 Å². The lowest BCUT2D eigenvalue weighted by atomic mass is 10.2. The van der Waals surface area contributed by atoms with Crippen molar-refractivity contribution in [3.05, 3.63) is 65.5 Å². The molecule has 29 heavy (non-hydrogen) atoms. The minimum absolute atomic E-state index is 0.110. The molecule has 1 saturated heterocycles. The molecule has 2 heterocycles. The summed E-state index contributed by atoms with van der Waals surface area (Å²) in [5, 5.41) is 12.2. The van der Waals surface area contributed by atoms with Crippen LogP contribution in [0, 0.1) is 6.92 Å². The van der Waals surface area contributed by atoms with Crippen molar-refractivity contribution in [1.29, 1.82) is 0 Å². The number of piperazine rings is 1. The van der Waals surface area contributed by atoms with Crippen molar-refractivity contribution in [2.24, 2.45) is 0 Å². The Kier molecular flexibility index (Phi) is 5.92. The van der Waals surface area contributed by atoms with Crippen LogP contribution < -0.4 is 0 Å². The maximum atomic E-state index is 12.9. The summed E-state index contributed by atoms with van der Waals surface area (Å²) in [5.74, 6) is 0.917. The minimum atomic E-state index is 0.110. The van der Waals surface area contributed by atoms with Crippen molar-refractivity contribution >= 4 is 17.7 Å². The molecule has 0 radical (unpaired) electrons. The highest BCUT2D eigenvalue weighted by molar-refractivity contribution is 7.98. The van der Waals surface area contributed by atoms with Gasteiger partial charge in [0.25, 0.3) is 5.91 Å². The Morgan fingerprint density at radius 2 is 1.76 bits per heavy atom. The van der Waals surface area contributed by atoms with Crippen LogP contribution in [-0.2, 0) is 6.54 Å². The smallest absolute Gasteiger partial charge is 0.255 e. The first kappa shape index (κ1) is 19.6. The van der Waals surface area contributed by atoms with Crippen molar-refractivity contribution in [3.63, 3.8) is 0 Å². The largest absolute Gasteiger partial charge is 0.336 e. The van der Waals surface area contributed by atoms with Gasteiger partial charge in [-0.15, -0.1) is 16.9 Å². The van der Waals surface area contributed by atoms with Gasteiger partial charge >= 0.3 is 0 Å². The van der Waals surface area contributed by atoms with E-state index in [-0.39, 0.29) is 5.91 Å². The standard InChI is InChI=1S/C21H24N6OS/c1-16-7-9-17(10-8-16)27-20(22-23-24-27)15-25-11-13-26(14-12-25)21(28)18-5-3-4-6-19(18)29-2/h3-10H,11-15H2,1-2H3. The summed E-state index contributed by atoms with van der Waals surface area (Å²) < 4.78 is 1.78. The molecule has 4 rings (SSSR count). The molecular formula is C21H24N6OS. The molecule has 7 nitrogen and oxygen atoms in total. The zero-order valence-corrected chi connectivity index (χ0v) is 17.5. The second-order valence-corrected chi connectivity index (χ2v) is 7.96. The molecule has 0 saturated carbocycles. The summed E-state index contributed by atoms with van der Waals surface area (Å²) >= 11 is 1.61. The molecule has 0 aliphatic carbocycles. The fourth-order valence-electron chi connectivity index (χ4n) is 3.49. The number of carbonyl (C=O) groups excluding carboxylic acids is 1. The maximum absolute atomic E-state index is 12.9. The van der Waals surface area contributed by atoms with Gasteiger partial charge in [-0.2, -0.15) is 4.68 Å². The predicted octanol–water partition coefficient (Wildman–Crippen LogP) is 2.65. The highest BCUT2D eigenvalue weighted by Gasteiger charge is 2.24. The quantitative estimate of drug-likeness (QED) is 0.605. The Morgan fingerprint density at radius 1 is 1.03 bits per heavy atom. The number of amides is 1. The maximum Gasteiger partial charge on any atom is 0.255 e. The molecule has 0 spiro atoms. The van der Waals surface area contributed by atoms with Crippen molar-refractivity contribution in [1.82, 2.24) is 30.0 Å². The Bertz CT molecular complexity index is 979. The third kappa shape index (κ3) is 4.33. The zero-order valence-electron chi connectivity index (χ0n) is 16.7. The first-order chi connectivity index (χ1) is 14.2. The second kappa shape index (κ2) is 8.75. The molecule has 150 valence electrons. The molecule has 1 aromatic heterocycles. The second-order valence-electron chi connectivity index (χ2n) is 7.11. The molecule has 3 aromatic rings. The van der Waals surface area contributed by atoms with Gasteiger partial charge in [0.2, 0.25) is 0 Å². The number of benzene rings is 2. The van der Waals surface area contributed by atoms with Gasteiger partial charge in [0.15, 0.2) is 5.82 Å². The van der Waals surface area contributed by atoms with E-state index in [1.807, 2.05) is 47.6 Å². The molecule has 1 aliphatic heterocycles. The highest BCUT2D eigenvalue weighted by Crippen LogP contribution is 2.22. The van der Waals surface area contributed by atoms with E-state index in [2.05, 4.69) is 39.5 Å². The van der Waals surface area contributed by atoms with Gasteiger partial charge in [-0.05, 0) is 47.9 Å². The normalized spacial score (nSPS) is 14.9. The lowest BCUT2D eigenvalue weighted by Crippen LogP contribution is -2.48. The van der Waals surface area contributed by atoms with Gasteiger partial charge in [-0.3, -0.25) is 9.69 Å². The summed E-state index contributed by atoms with van der Waals surface area (Å²) in [6.07, 6.45) is 2.00. The number of rotatable bonds is 5. The average Bonchev–Trinajstić information content (AvgIpc) is 3.22. The van der Waals surface area contributed by atoms with Crippen molar-refractivity contribution < 1.29 is 4.79 Å². The SMILES string of the molecule is CSc1ccccc1C(=O)N1CCN(Cc2nnnn2-c2ccc(C)cc2)CC1. The van der Waals surface area contributed by atoms with E-state index in [0.717, 1.165) is 35.1 Å². The van der Waals surface area contributed by atoms with Crippen molar-refractivity contribution in [2.45, 2.75) is 18.4 Å². The number of hydrogen-bond donors (Lipinski definition) is 0. The average molecular weight is 409 g/mol. The van der Waals surface area contributed by atoms with E-state index in [9.17, 15) is 4.79 Å². The molecule has 1 fully saturated rings. The number of tetrazole rings is 1. The molecule has 0 unspecified atom stereocenters. The van der Waals surface area contributed by atoms with E-state index in [1.54, 1.807) is 16.4 Å². The Hall–Kier alpha value is -2.71. The summed E-state index contributed by atoms with van der Waals surface area (Å²) in [6.45, 7) is 5.72. The molecular weight excluding hydrogens is 384 g/mol. The summed E-state index contributed by atoms with van der Waals surface area (Å²) in [6, 6.07) is 16.0. The Balaban J connectivity index is 1.39. The number of hydrogen-bond acceptors (Lipinski definition) is 6. The van der Waals surface area contributed by atoms with E-state index in [0.29, 0.717) is 19.6 Å². The fraction of sp³-hybridized carbons (Fsp3) is 0.333. The summed E-state index contributed by atoms with van der Waals surface area (Å²) in [4.78, 5) is 18.2. The number of thioether (sulfide) groups is 1. The molecule has 1 aliphatic rings. The minimum Gasteiger partial charge on any atom is -0.336 e. The van der Waals surface area contributed by atoms with Crippen LogP contribution in [0.3, 0.4) is 0 Å². The predicted molar refractivity (Wildman–Crippen MR) is 113 cm³/mol. The molecule has 0 N–H and O–H groups in total. The van der Waals surface area contributed by atoms with Crippen LogP contribution in [0.15, 0.2) is 53.4 Å². The van der Waals surface area contributed by atoms with Gasteiger partial charge in [0.1, 0.15) is 0 Å². The molecule has 0 atom stereocenters. The van der Waals surface area contributed by atoms with Crippen LogP contribution >= 0.6 is 11.8 Å². The summed E-state index contributed by atoms with van der Waals surface area (Å²) in [7, 11) is 0. The van der Waals surface area contributed by atoms with Gasteiger partial charge < -0.3 is 4.90 Å². The van der Waals surface area contributed by atoms with Crippen LogP contribution in [0.4, 0.5) is 0 Å². The van der Waals surface area contributed by atoms with Crippen LogP contribution in [0.25, 0.3) is 5.69 Å². The van der Waals surface area contributed by atoms with E-state index in [1.165, 1.54) is 5.56 Å². The Labute approximate surface area is 174 Å². The molecule has 2 aromatic carbocycles. The monoisotopic (exact) mass is 408 g/mol. The first-order valence-electron chi connectivity index (χ1n) is 9.64. The fourth-order valence-corrected chi connectivity index (χ4v) is 4.08. The van der Waals surface area contributed by atoms with Gasteiger partial charge in [0.05, 0.1) is 17.8 Å². The first-order valence-corrected chi connectivity index (χ1v) is 10.9. The van der Waals surface area contributed by atoms with Crippen LogP contribution in [0.5, 0.6) is 0 Å². The topological polar surface area (TPSA) is 67.2 Å². The number of aryl methyl sites for hydroxylation is 1. The Morgan fingerprint density at radius 3 is 2.48 bits per heavy atom. The van der Waals surface area contributed by atoms with Crippen molar-refractivity contribution in [2.75, 3.05) is 32.4 Å². The van der Waals surface area contributed by atoms with E-state index < -0.39 is 0 Å². The summed E-state index contributed by atoms with van der Waals surface area (Å²) in [5.41, 5.74) is 2.95. The van der Waals surface area contributed by atoms with Crippen LogP contribution in [0.1, 0.15) is 21.7 Å². The third-order valence-corrected chi connectivity index (χ3v) is 5.97. The lowest BCUT2D eigenvalue weighted by molar-refractivity contribution is 0.0621. The van der Waals surface area contributed by atoms with Gasteiger partial charge in [-0.1, -0.05) is 29.8 Å². The number of carbonyl (C=O) groups is 1. The molecule has 0 bridgehead atoms. The van der Waals surface area contributed by atoms with E-state index >= 15 is 0 Å². The molecule has 8 heteroatoms. The highest BCUT2D eigenvalue weighted by atomic mass is 32.2.